The maximum Gasteiger partial charge on any atom is 0.276 e. The van der Waals surface area contributed by atoms with Gasteiger partial charge in [-0.25, -0.2) is 0 Å². The number of hydrogen-bond donors (Lipinski definition) is 2. The van der Waals surface area contributed by atoms with Crippen LogP contribution in [0.25, 0.3) is 0 Å². The van der Waals surface area contributed by atoms with E-state index in [4.69, 9.17) is 4.74 Å². The Morgan fingerprint density at radius 2 is 1.96 bits per heavy atom. The molecule has 0 spiro atoms. The quantitative estimate of drug-likeness (QED) is 0.717. The molecule has 0 atom stereocenters. The van der Waals surface area contributed by atoms with E-state index in [1.54, 1.807) is 36.4 Å². The van der Waals surface area contributed by atoms with Crippen LogP contribution in [0, 0.1) is 0 Å². The highest BCUT2D eigenvalue weighted by atomic mass is 16.5. The van der Waals surface area contributed by atoms with Gasteiger partial charge in [-0.2, -0.15) is 0 Å². The van der Waals surface area contributed by atoms with Crippen molar-refractivity contribution in [1.29, 1.82) is 0 Å². The van der Waals surface area contributed by atoms with Gasteiger partial charge in [-0.05, 0) is 31.2 Å². The summed E-state index contributed by atoms with van der Waals surface area (Å²) in [6.07, 6.45) is 0. The number of carbonyl (C=O) groups is 2. The third-order valence-corrected chi connectivity index (χ3v) is 4.26. The molecule has 0 radical (unpaired) electrons. The number of rotatable bonds is 7. The smallest absolute Gasteiger partial charge is 0.276 e. The number of morpholine rings is 1. The number of nitrogens with one attached hydrogen (secondary N) is 2. The number of benzene rings is 1. The lowest BCUT2D eigenvalue weighted by molar-refractivity contribution is 0.0398. The molecule has 0 unspecified atom stereocenters. The average Bonchev–Trinajstić information content (AvgIpc) is 2.69. The summed E-state index contributed by atoms with van der Waals surface area (Å²) in [6.45, 7) is 6.57. The third kappa shape index (κ3) is 5.57. The topological polar surface area (TPSA) is 96.5 Å². The molecule has 0 bridgehead atoms. The molecule has 1 saturated heterocycles. The van der Waals surface area contributed by atoms with Crippen molar-refractivity contribution in [1.82, 2.24) is 15.1 Å². The number of ether oxygens (including phenoxy) is 1. The maximum atomic E-state index is 12.3. The molecule has 0 aliphatic carbocycles. The Morgan fingerprint density at radius 1 is 1.15 bits per heavy atom. The minimum Gasteiger partial charge on any atom is -0.379 e. The van der Waals surface area contributed by atoms with Gasteiger partial charge in [0, 0.05) is 37.4 Å². The van der Waals surface area contributed by atoms with Gasteiger partial charge in [0.05, 0.1) is 13.2 Å². The molecule has 1 aliphatic rings. The van der Waals surface area contributed by atoms with Crippen molar-refractivity contribution in [2.45, 2.75) is 6.92 Å². The predicted octanol–water partition coefficient (Wildman–Crippen LogP) is 1.68. The summed E-state index contributed by atoms with van der Waals surface area (Å²) in [4.78, 5) is 26.0. The van der Waals surface area contributed by atoms with Gasteiger partial charge < -0.3 is 15.4 Å². The van der Waals surface area contributed by atoms with Gasteiger partial charge in [0.2, 0.25) is 0 Å². The molecular weight excluding hydrogens is 346 g/mol. The van der Waals surface area contributed by atoms with Crippen molar-refractivity contribution in [3.63, 3.8) is 0 Å². The van der Waals surface area contributed by atoms with Gasteiger partial charge in [-0.15, -0.1) is 10.2 Å². The van der Waals surface area contributed by atoms with Crippen LogP contribution in [0.1, 0.15) is 27.8 Å². The van der Waals surface area contributed by atoms with Gasteiger partial charge in [0.25, 0.3) is 5.91 Å². The summed E-state index contributed by atoms with van der Waals surface area (Å²) in [6, 6.07) is 10.1. The van der Waals surface area contributed by atoms with Gasteiger partial charge in [0.15, 0.2) is 11.5 Å². The second-order valence-corrected chi connectivity index (χ2v) is 6.28. The monoisotopic (exact) mass is 369 g/mol. The van der Waals surface area contributed by atoms with Crippen LogP contribution in [-0.2, 0) is 4.74 Å². The second-order valence-electron chi connectivity index (χ2n) is 6.28. The van der Waals surface area contributed by atoms with E-state index in [0.29, 0.717) is 17.1 Å². The van der Waals surface area contributed by atoms with Crippen LogP contribution in [0.4, 0.5) is 11.5 Å². The first-order chi connectivity index (χ1) is 13.1. The Kier molecular flexibility index (Phi) is 6.45. The van der Waals surface area contributed by atoms with Crippen LogP contribution in [-0.4, -0.2) is 66.2 Å². The Morgan fingerprint density at radius 3 is 2.67 bits per heavy atom. The van der Waals surface area contributed by atoms with Crippen molar-refractivity contribution >= 4 is 23.2 Å². The fourth-order valence-corrected chi connectivity index (χ4v) is 2.73. The average molecular weight is 369 g/mol. The van der Waals surface area contributed by atoms with E-state index >= 15 is 0 Å². The molecule has 1 amide bonds. The lowest BCUT2D eigenvalue weighted by Gasteiger charge is -2.26. The van der Waals surface area contributed by atoms with Crippen LogP contribution in [0.3, 0.4) is 0 Å². The molecule has 3 rings (SSSR count). The van der Waals surface area contributed by atoms with E-state index in [9.17, 15) is 9.59 Å². The molecule has 27 heavy (non-hydrogen) atoms. The molecule has 1 aromatic carbocycles. The Bertz CT molecular complexity index is 788. The summed E-state index contributed by atoms with van der Waals surface area (Å²) in [7, 11) is 0. The highest BCUT2D eigenvalue weighted by Crippen LogP contribution is 2.12. The van der Waals surface area contributed by atoms with Crippen LogP contribution in [0.2, 0.25) is 0 Å². The lowest BCUT2D eigenvalue weighted by atomic mass is 10.1. The largest absolute Gasteiger partial charge is 0.379 e. The van der Waals surface area contributed by atoms with E-state index in [1.807, 2.05) is 0 Å². The number of ketones is 1. The van der Waals surface area contributed by atoms with Crippen LogP contribution in [0.5, 0.6) is 0 Å². The van der Waals surface area contributed by atoms with Gasteiger partial charge >= 0.3 is 0 Å². The van der Waals surface area contributed by atoms with Crippen molar-refractivity contribution in [3.05, 3.63) is 47.7 Å². The Hall–Kier alpha value is -2.84. The van der Waals surface area contributed by atoms with Crippen molar-refractivity contribution < 1.29 is 14.3 Å². The SMILES string of the molecule is CC(=O)c1cccc(NC(=O)c2ccc(NCCN3CCOCC3)nn2)c1. The molecule has 1 aromatic heterocycles. The molecule has 2 heterocycles. The zero-order valence-corrected chi connectivity index (χ0v) is 15.3. The Labute approximate surface area is 157 Å². The fourth-order valence-electron chi connectivity index (χ4n) is 2.73. The van der Waals surface area contributed by atoms with Crippen LogP contribution in [0.15, 0.2) is 36.4 Å². The first kappa shape index (κ1) is 18.9. The molecule has 1 fully saturated rings. The summed E-state index contributed by atoms with van der Waals surface area (Å²) >= 11 is 0. The van der Waals surface area contributed by atoms with Crippen molar-refractivity contribution in [2.75, 3.05) is 50.0 Å². The minimum atomic E-state index is -0.372. The van der Waals surface area contributed by atoms with Crippen LogP contribution < -0.4 is 10.6 Å². The molecule has 2 aromatic rings. The van der Waals surface area contributed by atoms with E-state index < -0.39 is 0 Å². The number of hydrogen-bond acceptors (Lipinski definition) is 7. The zero-order valence-electron chi connectivity index (χ0n) is 15.3. The first-order valence-electron chi connectivity index (χ1n) is 8.92. The first-order valence-corrected chi connectivity index (χ1v) is 8.92. The number of Topliss-reactive ketones (excluding diaryl/α,β-unsaturated/α-hetero) is 1. The van der Waals surface area contributed by atoms with Crippen molar-refractivity contribution in [3.8, 4) is 0 Å². The van der Waals surface area contributed by atoms with Crippen LogP contribution >= 0.6 is 0 Å². The number of aromatic nitrogens is 2. The Balaban J connectivity index is 1.51. The minimum absolute atomic E-state index is 0.0570. The molecule has 8 heteroatoms. The number of nitrogens with zero attached hydrogens (tertiary/aromatic N) is 3. The van der Waals surface area contributed by atoms with Crippen molar-refractivity contribution in [2.24, 2.45) is 0 Å². The highest BCUT2D eigenvalue weighted by Gasteiger charge is 2.11. The summed E-state index contributed by atoms with van der Waals surface area (Å²) in [5.74, 6) is 0.194. The second kappa shape index (κ2) is 9.20. The summed E-state index contributed by atoms with van der Waals surface area (Å²) in [5, 5.41) is 14.0. The molecule has 142 valence electrons. The maximum absolute atomic E-state index is 12.3. The summed E-state index contributed by atoms with van der Waals surface area (Å²) in [5.41, 5.74) is 1.29. The number of anilines is 2. The van der Waals surface area contributed by atoms with Gasteiger partial charge in [0.1, 0.15) is 5.82 Å². The molecule has 2 N–H and O–H groups in total. The van der Waals surface area contributed by atoms with Gasteiger partial charge in [-0.1, -0.05) is 12.1 Å². The zero-order chi connectivity index (χ0) is 19.1. The van der Waals surface area contributed by atoms with Gasteiger partial charge in [-0.3, -0.25) is 14.5 Å². The van der Waals surface area contributed by atoms with E-state index in [1.165, 1.54) is 6.92 Å². The van der Waals surface area contributed by atoms with E-state index in [-0.39, 0.29) is 17.4 Å². The standard InChI is InChI=1S/C19H23N5O3/c1-14(25)15-3-2-4-16(13-15)21-19(26)17-5-6-18(23-22-17)20-7-8-24-9-11-27-12-10-24/h2-6,13H,7-12H2,1H3,(H,20,23)(H,21,26). The predicted molar refractivity (Wildman–Crippen MR) is 102 cm³/mol. The highest BCUT2D eigenvalue weighted by molar-refractivity contribution is 6.03. The number of carbonyl (C=O) groups excluding carboxylic acids is 2. The lowest BCUT2D eigenvalue weighted by Crippen LogP contribution is -2.39. The molecule has 0 saturated carbocycles. The van der Waals surface area contributed by atoms with E-state index in [2.05, 4.69) is 25.7 Å². The molecular formula is C19H23N5O3. The summed E-state index contributed by atoms with van der Waals surface area (Å²) < 4.78 is 5.32. The fraction of sp³-hybridized carbons (Fsp3) is 0.368. The van der Waals surface area contributed by atoms with E-state index in [0.717, 1.165) is 39.4 Å². The molecule has 8 nitrogen and oxygen atoms in total. The third-order valence-electron chi connectivity index (χ3n) is 4.26. The normalized spacial score (nSPS) is 14.6. The number of amides is 1. The molecule has 1 aliphatic heterocycles.